The molecule has 0 unspecified atom stereocenters. The minimum atomic E-state index is -0.562. The van der Waals surface area contributed by atoms with Crippen molar-refractivity contribution in [3.63, 3.8) is 0 Å². The van der Waals surface area contributed by atoms with Gasteiger partial charge in [0.15, 0.2) is 0 Å². The van der Waals surface area contributed by atoms with E-state index < -0.39 is 17.7 Å². The number of anilines is 1. The Balaban J connectivity index is 2.01. The normalized spacial score (nSPS) is 17.2. The Labute approximate surface area is 156 Å². The van der Waals surface area contributed by atoms with Crippen LogP contribution in [-0.2, 0) is 16.1 Å². The number of likely N-dealkylation sites (N-methyl/N-ethyl adjacent to an activating group) is 1. The fourth-order valence-corrected chi connectivity index (χ4v) is 3.07. The molecule has 0 saturated carbocycles. The van der Waals surface area contributed by atoms with E-state index in [9.17, 15) is 9.59 Å². The van der Waals surface area contributed by atoms with Crippen LogP contribution in [-0.4, -0.2) is 61.1 Å². The van der Waals surface area contributed by atoms with Crippen molar-refractivity contribution in [1.29, 1.82) is 0 Å². The second-order valence-electron chi connectivity index (χ2n) is 8.09. The Morgan fingerprint density at radius 3 is 2.31 bits per heavy atom. The molecule has 1 aliphatic heterocycles. The van der Waals surface area contributed by atoms with Gasteiger partial charge in [-0.2, -0.15) is 0 Å². The van der Waals surface area contributed by atoms with Crippen LogP contribution in [0.25, 0.3) is 0 Å². The van der Waals surface area contributed by atoms with Gasteiger partial charge in [-0.1, -0.05) is 12.1 Å². The molecule has 2 amide bonds. The molecular weight excluding hydrogens is 330 g/mol. The van der Waals surface area contributed by atoms with Crippen LogP contribution < -0.4 is 4.90 Å². The van der Waals surface area contributed by atoms with Crippen LogP contribution in [0.4, 0.5) is 10.5 Å². The lowest BCUT2D eigenvalue weighted by Gasteiger charge is -2.30. The topological polar surface area (TPSA) is 53.1 Å². The average Bonchev–Trinajstić information content (AvgIpc) is 3.02. The summed E-state index contributed by atoms with van der Waals surface area (Å²) in [4.78, 5) is 30.6. The van der Waals surface area contributed by atoms with E-state index in [0.29, 0.717) is 19.5 Å². The van der Waals surface area contributed by atoms with E-state index in [0.717, 1.165) is 17.7 Å². The van der Waals surface area contributed by atoms with E-state index in [1.165, 1.54) is 0 Å². The molecule has 2 rings (SSSR count). The largest absolute Gasteiger partial charge is 0.444 e. The van der Waals surface area contributed by atoms with Crippen LogP contribution >= 0.6 is 0 Å². The highest BCUT2D eigenvalue weighted by atomic mass is 16.6. The Morgan fingerprint density at radius 1 is 1.15 bits per heavy atom. The SMILES string of the molecule is CN(Cc1ccc(N(C)C)cc1)C(=O)[C@H]1CCCN1C(=O)OC(C)(C)C. The van der Waals surface area contributed by atoms with Gasteiger partial charge in [-0.25, -0.2) is 4.79 Å². The van der Waals surface area contributed by atoms with Crippen LogP contribution in [0.1, 0.15) is 39.2 Å². The van der Waals surface area contributed by atoms with E-state index in [-0.39, 0.29) is 5.91 Å². The first kappa shape index (κ1) is 20.1. The lowest BCUT2D eigenvalue weighted by Crippen LogP contribution is -2.47. The zero-order valence-electron chi connectivity index (χ0n) is 16.8. The summed E-state index contributed by atoms with van der Waals surface area (Å²) in [5.74, 6) is -0.0370. The predicted molar refractivity (Wildman–Crippen MR) is 103 cm³/mol. The van der Waals surface area contributed by atoms with Crippen molar-refractivity contribution in [3.05, 3.63) is 29.8 Å². The number of ether oxygens (including phenoxy) is 1. The Kier molecular flexibility index (Phi) is 6.16. The minimum absolute atomic E-state index is 0.0370. The highest BCUT2D eigenvalue weighted by molar-refractivity contribution is 5.86. The van der Waals surface area contributed by atoms with Gasteiger partial charge in [0.25, 0.3) is 0 Å². The number of amides is 2. The number of rotatable bonds is 4. The summed E-state index contributed by atoms with van der Waals surface area (Å²) in [6.07, 6.45) is 1.10. The van der Waals surface area contributed by atoms with Crippen LogP contribution in [0.5, 0.6) is 0 Å². The van der Waals surface area contributed by atoms with E-state index in [2.05, 4.69) is 0 Å². The van der Waals surface area contributed by atoms with Crippen molar-refractivity contribution in [3.8, 4) is 0 Å². The molecule has 0 radical (unpaired) electrons. The Hall–Kier alpha value is -2.24. The lowest BCUT2D eigenvalue weighted by molar-refractivity contribution is -0.135. The lowest BCUT2D eigenvalue weighted by atomic mass is 10.1. The zero-order chi connectivity index (χ0) is 19.5. The van der Waals surface area contributed by atoms with E-state index in [1.54, 1.807) is 16.8 Å². The van der Waals surface area contributed by atoms with Crippen molar-refractivity contribution >= 4 is 17.7 Å². The average molecular weight is 361 g/mol. The first-order chi connectivity index (χ1) is 12.1. The fraction of sp³-hybridized carbons (Fsp3) is 0.600. The highest BCUT2D eigenvalue weighted by Crippen LogP contribution is 2.23. The maximum absolute atomic E-state index is 12.9. The van der Waals surface area contributed by atoms with Crippen molar-refractivity contribution in [1.82, 2.24) is 9.80 Å². The van der Waals surface area contributed by atoms with Gasteiger partial charge >= 0.3 is 6.09 Å². The van der Waals surface area contributed by atoms with Gasteiger partial charge in [0, 0.05) is 39.9 Å². The molecule has 0 bridgehead atoms. The van der Waals surface area contributed by atoms with Gasteiger partial charge in [-0.3, -0.25) is 9.69 Å². The van der Waals surface area contributed by atoms with Crippen LogP contribution in [0, 0.1) is 0 Å². The molecule has 1 saturated heterocycles. The summed E-state index contributed by atoms with van der Waals surface area (Å²) in [5, 5.41) is 0. The number of carbonyl (C=O) groups is 2. The second kappa shape index (κ2) is 7.98. The molecule has 1 heterocycles. The number of benzene rings is 1. The van der Waals surface area contributed by atoms with Crippen molar-refractivity contribution in [2.75, 3.05) is 32.6 Å². The minimum Gasteiger partial charge on any atom is -0.444 e. The monoisotopic (exact) mass is 361 g/mol. The smallest absolute Gasteiger partial charge is 0.410 e. The summed E-state index contributed by atoms with van der Waals surface area (Å²) in [7, 11) is 5.78. The molecule has 0 spiro atoms. The summed E-state index contributed by atoms with van der Waals surface area (Å²) in [6.45, 7) is 6.59. The molecule has 1 fully saturated rings. The summed E-state index contributed by atoms with van der Waals surface area (Å²) in [5.41, 5.74) is 1.62. The second-order valence-corrected chi connectivity index (χ2v) is 8.09. The van der Waals surface area contributed by atoms with Crippen LogP contribution in [0.3, 0.4) is 0 Å². The van der Waals surface area contributed by atoms with Gasteiger partial charge in [-0.05, 0) is 51.3 Å². The third-order valence-electron chi connectivity index (χ3n) is 4.41. The number of nitrogens with zero attached hydrogens (tertiary/aromatic N) is 3. The fourth-order valence-electron chi connectivity index (χ4n) is 3.07. The van der Waals surface area contributed by atoms with Gasteiger partial charge in [0.05, 0.1) is 0 Å². The molecule has 1 aromatic carbocycles. The van der Waals surface area contributed by atoms with Crippen LogP contribution in [0.15, 0.2) is 24.3 Å². The first-order valence-corrected chi connectivity index (χ1v) is 9.09. The predicted octanol–water partition coefficient (Wildman–Crippen LogP) is 3.11. The maximum Gasteiger partial charge on any atom is 0.410 e. The van der Waals surface area contributed by atoms with E-state index >= 15 is 0 Å². The molecule has 1 aliphatic rings. The van der Waals surface area contributed by atoms with Crippen molar-refractivity contribution in [2.45, 2.75) is 51.8 Å². The quantitative estimate of drug-likeness (QED) is 0.827. The summed E-state index contributed by atoms with van der Waals surface area (Å²) >= 11 is 0. The molecule has 144 valence electrons. The molecule has 0 aliphatic carbocycles. The summed E-state index contributed by atoms with van der Waals surface area (Å²) in [6, 6.07) is 7.70. The van der Waals surface area contributed by atoms with E-state index in [1.807, 2.05) is 64.0 Å². The highest BCUT2D eigenvalue weighted by Gasteiger charge is 2.37. The van der Waals surface area contributed by atoms with Gasteiger partial charge < -0.3 is 14.5 Å². The van der Waals surface area contributed by atoms with Gasteiger partial charge in [0.2, 0.25) is 5.91 Å². The Bertz CT molecular complexity index is 635. The first-order valence-electron chi connectivity index (χ1n) is 9.09. The molecule has 0 N–H and O–H groups in total. The van der Waals surface area contributed by atoms with Gasteiger partial charge in [0.1, 0.15) is 11.6 Å². The van der Waals surface area contributed by atoms with Crippen LogP contribution in [0.2, 0.25) is 0 Å². The maximum atomic E-state index is 12.9. The van der Waals surface area contributed by atoms with Crippen molar-refractivity contribution in [2.24, 2.45) is 0 Å². The standard InChI is InChI=1S/C20H31N3O3/c1-20(2,3)26-19(25)23-13-7-8-17(23)18(24)22(6)14-15-9-11-16(12-10-15)21(4)5/h9-12,17H,7-8,13-14H2,1-6H3/t17-/m1/s1. The molecule has 0 aromatic heterocycles. The third kappa shape index (κ3) is 5.13. The molecular formula is C20H31N3O3. The Morgan fingerprint density at radius 2 is 1.77 bits per heavy atom. The summed E-state index contributed by atoms with van der Waals surface area (Å²) < 4.78 is 5.45. The third-order valence-corrected chi connectivity index (χ3v) is 4.41. The van der Waals surface area contributed by atoms with E-state index in [4.69, 9.17) is 4.74 Å². The zero-order valence-corrected chi connectivity index (χ0v) is 16.8. The molecule has 6 nitrogen and oxygen atoms in total. The number of hydrogen-bond donors (Lipinski definition) is 0. The van der Waals surface area contributed by atoms with Crippen molar-refractivity contribution < 1.29 is 14.3 Å². The molecule has 6 heteroatoms. The molecule has 1 atom stereocenters. The molecule has 1 aromatic rings. The number of likely N-dealkylation sites (tertiary alicyclic amines) is 1. The molecule has 26 heavy (non-hydrogen) atoms. The number of carbonyl (C=O) groups excluding carboxylic acids is 2. The van der Waals surface area contributed by atoms with Gasteiger partial charge in [-0.15, -0.1) is 0 Å². The number of hydrogen-bond acceptors (Lipinski definition) is 4.